The maximum absolute atomic E-state index is 14.1. The van der Waals surface area contributed by atoms with Crippen LogP contribution in [0.25, 0.3) is 0 Å². The summed E-state index contributed by atoms with van der Waals surface area (Å²) in [5.74, 6) is -2.12. The number of carboxylic acid groups (broad SMARTS) is 1. The van der Waals surface area contributed by atoms with E-state index in [0.29, 0.717) is 12.2 Å². The fourth-order valence-electron chi connectivity index (χ4n) is 4.59. The molecule has 194 valence electrons. The number of aliphatic carboxylic acids is 1. The summed E-state index contributed by atoms with van der Waals surface area (Å²) in [6, 6.07) is 22.6. The monoisotopic (exact) mass is 539 g/mol. The third-order valence-electron chi connectivity index (χ3n) is 6.59. The zero-order valence-corrected chi connectivity index (χ0v) is 22.2. The van der Waals surface area contributed by atoms with E-state index in [1.165, 1.54) is 41.4 Å². The molecule has 0 aliphatic carbocycles. The minimum absolute atomic E-state index is 0.0832. The number of piperidine rings is 1. The van der Waals surface area contributed by atoms with Gasteiger partial charge in [0.1, 0.15) is 0 Å². The van der Waals surface area contributed by atoms with Gasteiger partial charge in [0.2, 0.25) is 10.0 Å². The van der Waals surface area contributed by atoms with Crippen LogP contribution in [0.5, 0.6) is 0 Å². The Hall–Kier alpha value is -3.14. The normalized spacial score (nSPS) is 20.3. The number of hydrogen-bond acceptors (Lipinski definition) is 6. The van der Waals surface area contributed by atoms with Gasteiger partial charge >= 0.3 is 11.9 Å². The Bertz CT molecular complexity index is 1360. The lowest BCUT2D eigenvalue weighted by molar-refractivity contribution is -0.143. The molecule has 1 heterocycles. The summed E-state index contributed by atoms with van der Waals surface area (Å²) >= 11 is 1.53. The van der Waals surface area contributed by atoms with E-state index >= 15 is 0 Å². The smallest absolute Gasteiger partial charge is 0.339 e. The predicted molar refractivity (Wildman–Crippen MR) is 143 cm³/mol. The molecular formula is C28H29NO6S2. The molecule has 0 saturated carbocycles. The van der Waals surface area contributed by atoms with Crippen LogP contribution in [0.2, 0.25) is 0 Å². The van der Waals surface area contributed by atoms with Gasteiger partial charge < -0.3 is 9.84 Å². The Morgan fingerprint density at radius 1 is 1.00 bits per heavy atom. The number of carbonyl (C=O) groups excluding carboxylic acids is 1. The Labute approximate surface area is 221 Å². The first-order valence-electron chi connectivity index (χ1n) is 11.9. The average Bonchev–Trinajstić information content (AvgIpc) is 2.91. The summed E-state index contributed by atoms with van der Waals surface area (Å²) in [5, 5.41) is 9.81. The van der Waals surface area contributed by atoms with E-state index in [-0.39, 0.29) is 22.3 Å². The van der Waals surface area contributed by atoms with E-state index in [9.17, 15) is 23.1 Å². The van der Waals surface area contributed by atoms with Gasteiger partial charge in [0.25, 0.3) is 0 Å². The molecule has 1 N–H and O–H groups in total. The van der Waals surface area contributed by atoms with Gasteiger partial charge in [-0.2, -0.15) is 16.1 Å². The number of rotatable bonds is 8. The molecule has 0 amide bonds. The summed E-state index contributed by atoms with van der Waals surface area (Å²) in [5.41, 5.74) is 2.80. The molecule has 3 aromatic rings. The standard InChI is InChI=1S/C28H29NO6S2/c1-19-12-14-21(15-13-19)24-16-25(36-18-20-8-4-3-5-9-20)23(27(30)31)17-29(24)37(33,34)26-11-7-6-10-22(26)28(32)35-2/h3-15,23-25H,16-18H2,1-2H3,(H,30,31)/t23-,24+,25-/m1/s1. The maximum Gasteiger partial charge on any atom is 0.339 e. The fourth-order valence-corrected chi connectivity index (χ4v) is 7.78. The molecule has 0 bridgehead atoms. The first-order chi connectivity index (χ1) is 17.7. The third-order valence-corrected chi connectivity index (χ3v) is 9.98. The van der Waals surface area contributed by atoms with Crippen molar-refractivity contribution in [2.75, 3.05) is 13.7 Å². The van der Waals surface area contributed by atoms with E-state index in [2.05, 4.69) is 0 Å². The van der Waals surface area contributed by atoms with Crippen molar-refractivity contribution in [1.29, 1.82) is 0 Å². The van der Waals surface area contributed by atoms with Crippen LogP contribution >= 0.6 is 11.8 Å². The molecule has 1 fully saturated rings. The molecule has 0 radical (unpaired) electrons. The van der Waals surface area contributed by atoms with Crippen LogP contribution < -0.4 is 0 Å². The Kier molecular flexibility index (Phi) is 8.36. The number of thioether (sulfide) groups is 1. The molecule has 3 aromatic carbocycles. The second-order valence-corrected chi connectivity index (χ2v) is 12.1. The largest absolute Gasteiger partial charge is 0.481 e. The molecular weight excluding hydrogens is 510 g/mol. The van der Waals surface area contributed by atoms with Crippen molar-refractivity contribution in [1.82, 2.24) is 4.31 Å². The number of methoxy groups -OCH3 is 1. The SMILES string of the molecule is COC(=O)c1ccccc1S(=O)(=O)N1C[C@@H](C(=O)O)[C@H](SCc2ccccc2)C[C@H]1c1ccc(C)cc1. The molecule has 4 rings (SSSR count). The van der Waals surface area contributed by atoms with Gasteiger partial charge in [-0.1, -0.05) is 72.3 Å². The van der Waals surface area contributed by atoms with Gasteiger partial charge in [-0.25, -0.2) is 13.2 Å². The maximum atomic E-state index is 14.1. The number of carbonyl (C=O) groups is 2. The Morgan fingerprint density at radius 3 is 2.30 bits per heavy atom. The van der Waals surface area contributed by atoms with Crippen molar-refractivity contribution in [2.24, 2.45) is 5.92 Å². The van der Waals surface area contributed by atoms with E-state index in [1.807, 2.05) is 61.5 Å². The van der Waals surface area contributed by atoms with Gasteiger partial charge in [-0.3, -0.25) is 4.79 Å². The number of nitrogens with zero attached hydrogens (tertiary/aromatic N) is 1. The van der Waals surface area contributed by atoms with Crippen LogP contribution in [0.3, 0.4) is 0 Å². The lowest BCUT2D eigenvalue weighted by Gasteiger charge is -2.42. The number of sulfonamides is 1. The molecule has 1 aliphatic heterocycles. The zero-order chi connectivity index (χ0) is 26.6. The average molecular weight is 540 g/mol. The lowest BCUT2D eigenvalue weighted by atomic mass is 9.90. The van der Waals surface area contributed by atoms with Crippen LogP contribution in [0.4, 0.5) is 0 Å². The third kappa shape index (κ3) is 5.89. The molecule has 1 aliphatic rings. The molecule has 0 aromatic heterocycles. The van der Waals surface area contributed by atoms with Gasteiger partial charge in [-0.05, 0) is 36.6 Å². The lowest BCUT2D eigenvalue weighted by Crippen LogP contribution is -2.49. The summed E-state index contributed by atoms with van der Waals surface area (Å²) < 4.78 is 34.2. The second-order valence-electron chi connectivity index (χ2n) is 9.00. The van der Waals surface area contributed by atoms with Crippen molar-refractivity contribution in [3.63, 3.8) is 0 Å². The predicted octanol–water partition coefficient (Wildman–Crippen LogP) is 4.92. The first-order valence-corrected chi connectivity index (χ1v) is 14.4. The number of benzene rings is 3. The van der Waals surface area contributed by atoms with Gasteiger partial charge in [0.15, 0.2) is 0 Å². The second kappa shape index (κ2) is 11.5. The van der Waals surface area contributed by atoms with Gasteiger partial charge in [-0.15, -0.1) is 0 Å². The molecule has 0 unspecified atom stereocenters. The Morgan fingerprint density at radius 2 is 1.65 bits per heavy atom. The highest BCUT2D eigenvalue weighted by molar-refractivity contribution is 7.99. The van der Waals surface area contributed by atoms with Crippen LogP contribution in [-0.2, 0) is 25.3 Å². The summed E-state index contributed by atoms with van der Waals surface area (Å²) in [4.78, 5) is 24.6. The summed E-state index contributed by atoms with van der Waals surface area (Å²) in [6.07, 6.45) is 0.317. The van der Waals surface area contributed by atoms with Crippen molar-refractivity contribution in [3.8, 4) is 0 Å². The van der Waals surface area contributed by atoms with Crippen LogP contribution in [0.1, 0.15) is 39.5 Å². The minimum atomic E-state index is -4.25. The minimum Gasteiger partial charge on any atom is -0.481 e. The van der Waals surface area contributed by atoms with E-state index in [4.69, 9.17) is 4.74 Å². The van der Waals surface area contributed by atoms with Crippen LogP contribution in [-0.4, -0.2) is 48.7 Å². The molecule has 9 heteroatoms. The zero-order valence-electron chi connectivity index (χ0n) is 20.6. The van der Waals surface area contributed by atoms with E-state index in [0.717, 1.165) is 16.7 Å². The number of ether oxygens (including phenoxy) is 1. The highest BCUT2D eigenvalue weighted by Crippen LogP contribution is 2.43. The van der Waals surface area contributed by atoms with Crippen molar-refractivity contribution in [3.05, 3.63) is 101 Å². The molecule has 7 nitrogen and oxygen atoms in total. The van der Waals surface area contributed by atoms with Crippen LogP contribution in [0, 0.1) is 12.8 Å². The number of aryl methyl sites for hydroxylation is 1. The van der Waals surface area contributed by atoms with Crippen molar-refractivity contribution < 1.29 is 27.9 Å². The fraction of sp³-hybridized carbons (Fsp3) is 0.286. The molecule has 3 atom stereocenters. The van der Waals surface area contributed by atoms with Gasteiger partial charge in [0, 0.05) is 17.5 Å². The first kappa shape index (κ1) is 26.9. The summed E-state index contributed by atoms with van der Waals surface area (Å²) in [7, 11) is -3.06. The topological polar surface area (TPSA) is 101 Å². The number of hydrogen-bond donors (Lipinski definition) is 1. The van der Waals surface area contributed by atoms with E-state index < -0.39 is 33.9 Å². The molecule has 0 spiro atoms. The number of carboxylic acids is 1. The highest BCUT2D eigenvalue weighted by atomic mass is 32.2. The highest BCUT2D eigenvalue weighted by Gasteiger charge is 2.46. The Balaban J connectivity index is 1.75. The summed E-state index contributed by atoms with van der Waals surface area (Å²) in [6.45, 7) is 1.74. The quantitative estimate of drug-likeness (QED) is 0.406. The number of esters is 1. The van der Waals surface area contributed by atoms with Crippen molar-refractivity contribution in [2.45, 2.75) is 35.3 Å². The molecule has 37 heavy (non-hydrogen) atoms. The van der Waals surface area contributed by atoms with Gasteiger partial charge in [0.05, 0.1) is 29.5 Å². The van der Waals surface area contributed by atoms with Crippen LogP contribution in [0.15, 0.2) is 83.8 Å². The van der Waals surface area contributed by atoms with Crippen molar-refractivity contribution >= 4 is 33.7 Å². The molecule has 1 saturated heterocycles. The van der Waals surface area contributed by atoms with E-state index in [1.54, 1.807) is 6.07 Å².